The molecule has 3 nitrogen and oxygen atoms in total. The van der Waals surface area contributed by atoms with Gasteiger partial charge >= 0.3 is 0 Å². The van der Waals surface area contributed by atoms with Crippen LogP contribution >= 0.6 is 12.4 Å². The van der Waals surface area contributed by atoms with Crippen molar-refractivity contribution in [2.45, 2.75) is 13.8 Å². The lowest BCUT2D eigenvalue weighted by molar-refractivity contribution is 1.21. The van der Waals surface area contributed by atoms with E-state index in [2.05, 4.69) is 47.3 Å². The first-order valence-corrected chi connectivity index (χ1v) is 6.28. The molecule has 0 aliphatic carbocycles. The first-order valence-electron chi connectivity index (χ1n) is 6.28. The minimum Gasteiger partial charge on any atom is -0.339 e. The highest BCUT2D eigenvalue weighted by Crippen LogP contribution is 2.25. The van der Waals surface area contributed by atoms with Crippen LogP contribution in [-0.4, -0.2) is 9.97 Å². The van der Waals surface area contributed by atoms with Crippen LogP contribution in [0.3, 0.4) is 0 Å². The van der Waals surface area contributed by atoms with Crippen LogP contribution < -0.4 is 5.32 Å². The Hall–Kier alpha value is -2.13. The van der Waals surface area contributed by atoms with Gasteiger partial charge in [0.2, 0.25) is 0 Å². The molecule has 0 radical (unpaired) electrons. The standard InChI is InChI=1S/C16H15N3.ClH/c1-11-7-8-14(12(2)9-11)19-16-13-5-3-4-6-15(13)17-10-18-16;/h3-10H,1-2H3,(H,17,18,19);1H. The lowest BCUT2D eigenvalue weighted by Crippen LogP contribution is -1.97. The zero-order chi connectivity index (χ0) is 13.2. The second-order valence-electron chi connectivity index (χ2n) is 4.68. The number of hydrogen-bond donors (Lipinski definition) is 1. The van der Waals surface area contributed by atoms with Crippen molar-refractivity contribution in [1.29, 1.82) is 0 Å². The van der Waals surface area contributed by atoms with Gasteiger partial charge in [0.05, 0.1) is 5.52 Å². The zero-order valence-corrected chi connectivity index (χ0v) is 12.2. The molecule has 1 aromatic heterocycles. The summed E-state index contributed by atoms with van der Waals surface area (Å²) >= 11 is 0. The third kappa shape index (κ3) is 2.73. The molecule has 0 spiro atoms. The second kappa shape index (κ2) is 5.88. The smallest absolute Gasteiger partial charge is 0.141 e. The molecule has 0 aliphatic rings. The Morgan fingerprint density at radius 3 is 2.55 bits per heavy atom. The molecule has 0 unspecified atom stereocenters. The van der Waals surface area contributed by atoms with Crippen LogP contribution in [0.15, 0.2) is 48.8 Å². The second-order valence-corrected chi connectivity index (χ2v) is 4.68. The summed E-state index contributed by atoms with van der Waals surface area (Å²) in [5, 5.41) is 4.42. The number of anilines is 2. The molecular formula is C16H16ClN3. The van der Waals surface area contributed by atoms with Crippen molar-refractivity contribution in [2.75, 3.05) is 5.32 Å². The Morgan fingerprint density at radius 2 is 1.75 bits per heavy atom. The lowest BCUT2D eigenvalue weighted by atomic mass is 10.1. The first-order chi connectivity index (χ1) is 9.24. The maximum absolute atomic E-state index is 4.34. The van der Waals surface area contributed by atoms with Gasteiger partial charge in [-0.2, -0.15) is 0 Å². The average Bonchev–Trinajstić information content (AvgIpc) is 2.42. The molecule has 0 bridgehead atoms. The lowest BCUT2D eigenvalue weighted by Gasteiger charge is -2.11. The van der Waals surface area contributed by atoms with Crippen LogP contribution in [0.5, 0.6) is 0 Å². The monoisotopic (exact) mass is 285 g/mol. The summed E-state index contributed by atoms with van der Waals surface area (Å²) in [6.07, 6.45) is 1.59. The van der Waals surface area contributed by atoms with Crippen molar-refractivity contribution in [3.8, 4) is 0 Å². The first kappa shape index (κ1) is 14.3. The van der Waals surface area contributed by atoms with Crippen molar-refractivity contribution in [3.05, 3.63) is 59.9 Å². The third-order valence-electron chi connectivity index (χ3n) is 3.18. The Bertz CT molecular complexity index is 735. The number of para-hydroxylation sites is 1. The average molecular weight is 286 g/mol. The minimum absolute atomic E-state index is 0. The third-order valence-corrected chi connectivity index (χ3v) is 3.18. The summed E-state index contributed by atoms with van der Waals surface area (Å²) in [6.45, 7) is 4.19. The van der Waals surface area contributed by atoms with Gasteiger partial charge in [0, 0.05) is 11.1 Å². The molecule has 2 aromatic carbocycles. The van der Waals surface area contributed by atoms with Gasteiger partial charge in [-0.3, -0.25) is 0 Å². The number of benzene rings is 2. The van der Waals surface area contributed by atoms with E-state index in [1.807, 2.05) is 24.3 Å². The SMILES string of the molecule is Cc1ccc(Nc2ncnc3ccccc23)c(C)c1.Cl. The molecule has 3 aromatic rings. The molecule has 0 saturated carbocycles. The zero-order valence-electron chi connectivity index (χ0n) is 11.4. The van der Waals surface area contributed by atoms with Gasteiger partial charge in [0.1, 0.15) is 12.1 Å². The number of aromatic nitrogens is 2. The maximum Gasteiger partial charge on any atom is 0.141 e. The normalized spacial score (nSPS) is 10.1. The van der Waals surface area contributed by atoms with Crippen LogP contribution in [0, 0.1) is 13.8 Å². The van der Waals surface area contributed by atoms with Crippen molar-refractivity contribution < 1.29 is 0 Å². The van der Waals surface area contributed by atoms with Gasteiger partial charge in [0.15, 0.2) is 0 Å². The van der Waals surface area contributed by atoms with Gasteiger partial charge < -0.3 is 5.32 Å². The summed E-state index contributed by atoms with van der Waals surface area (Å²) in [5.41, 5.74) is 4.50. The molecular weight excluding hydrogens is 270 g/mol. The number of rotatable bonds is 2. The molecule has 0 atom stereocenters. The fourth-order valence-electron chi connectivity index (χ4n) is 2.19. The van der Waals surface area contributed by atoms with Crippen LogP contribution in [0.25, 0.3) is 10.9 Å². The van der Waals surface area contributed by atoms with Crippen LogP contribution in [0.2, 0.25) is 0 Å². The number of nitrogens with one attached hydrogen (secondary N) is 1. The van der Waals surface area contributed by atoms with E-state index in [9.17, 15) is 0 Å². The van der Waals surface area contributed by atoms with Crippen molar-refractivity contribution >= 4 is 34.8 Å². The van der Waals surface area contributed by atoms with Crippen molar-refractivity contribution in [2.24, 2.45) is 0 Å². The summed E-state index contributed by atoms with van der Waals surface area (Å²) in [7, 11) is 0. The van der Waals surface area contributed by atoms with E-state index in [1.54, 1.807) is 6.33 Å². The summed E-state index contributed by atoms with van der Waals surface area (Å²) in [5.74, 6) is 0.845. The van der Waals surface area contributed by atoms with E-state index in [0.29, 0.717) is 0 Å². The topological polar surface area (TPSA) is 37.8 Å². The van der Waals surface area contributed by atoms with Gasteiger partial charge in [0.25, 0.3) is 0 Å². The molecule has 1 heterocycles. The Morgan fingerprint density at radius 1 is 0.950 bits per heavy atom. The quantitative estimate of drug-likeness (QED) is 0.758. The van der Waals surface area contributed by atoms with Crippen molar-refractivity contribution in [3.63, 3.8) is 0 Å². The van der Waals surface area contributed by atoms with E-state index >= 15 is 0 Å². The molecule has 0 fully saturated rings. The molecule has 1 N–H and O–H groups in total. The number of nitrogens with zero attached hydrogens (tertiary/aromatic N) is 2. The van der Waals surface area contributed by atoms with E-state index < -0.39 is 0 Å². The number of halogens is 1. The molecule has 102 valence electrons. The highest BCUT2D eigenvalue weighted by molar-refractivity contribution is 5.90. The number of fused-ring (bicyclic) bond motifs is 1. The fourth-order valence-corrected chi connectivity index (χ4v) is 2.19. The highest BCUT2D eigenvalue weighted by Gasteiger charge is 2.04. The number of hydrogen-bond acceptors (Lipinski definition) is 3. The summed E-state index contributed by atoms with van der Waals surface area (Å²) in [4.78, 5) is 8.61. The van der Waals surface area contributed by atoms with Crippen molar-refractivity contribution in [1.82, 2.24) is 9.97 Å². The summed E-state index contributed by atoms with van der Waals surface area (Å²) in [6, 6.07) is 14.3. The maximum atomic E-state index is 4.34. The predicted molar refractivity (Wildman–Crippen MR) is 86.0 cm³/mol. The van der Waals surface area contributed by atoms with E-state index in [4.69, 9.17) is 0 Å². The minimum atomic E-state index is 0. The van der Waals surface area contributed by atoms with Gasteiger partial charge in [-0.05, 0) is 37.6 Å². The predicted octanol–water partition coefficient (Wildman–Crippen LogP) is 4.41. The summed E-state index contributed by atoms with van der Waals surface area (Å²) < 4.78 is 0. The molecule has 0 amide bonds. The molecule has 4 heteroatoms. The Labute approximate surface area is 124 Å². The Kier molecular flexibility index (Phi) is 4.20. The molecule has 3 rings (SSSR count). The van der Waals surface area contributed by atoms with Gasteiger partial charge in [-0.15, -0.1) is 12.4 Å². The van der Waals surface area contributed by atoms with Crippen LogP contribution in [0.1, 0.15) is 11.1 Å². The molecule has 0 aliphatic heterocycles. The van der Waals surface area contributed by atoms with E-state index in [0.717, 1.165) is 22.4 Å². The van der Waals surface area contributed by atoms with E-state index in [1.165, 1.54) is 11.1 Å². The fraction of sp³-hybridized carbons (Fsp3) is 0.125. The van der Waals surface area contributed by atoms with Gasteiger partial charge in [-0.25, -0.2) is 9.97 Å². The Balaban J connectivity index is 0.00000147. The number of aryl methyl sites for hydroxylation is 2. The highest BCUT2D eigenvalue weighted by atomic mass is 35.5. The molecule has 20 heavy (non-hydrogen) atoms. The van der Waals surface area contributed by atoms with Crippen LogP contribution in [0.4, 0.5) is 11.5 Å². The molecule has 0 saturated heterocycles. The van der Waals surface area contributed by atoms with E-state index in [-0.39, 0.29) is 12.4 Å². The largest absolute Gasteiger partial charge is 0.339 e. The van der Waals surface area contributed by atoms with Crippen LogP contribution in [-0.2, 0) is 0 Å². The van der Waals surface area contributed by atoms with Gasteiger partial charge in [-0.1, -0.05) is 29.8 Å².